The second-order valence-electron chi connectivity index (χ2n) is 8.08. The topological polar surface area (TPSA) is 82.1 Å². The lowest BCUT2D eigenvalue weighted by Gasteiger charge is -2.14. The van der Waals surface area contributed by atoms with Crippen LogP contribution in [0.25, 0.3) is 6.08 Å². The Morgan fingerprint density at radius 2 is 1.56 bits per heavy atom. The third-order valence-electron chi connectivity index (χ3n) is 5.54. The molecule has 0 spiro atoms. The van der Waals surface area contributed by atoms with Crippen molar-refractivity contribution in [3.63, 3.8) is 0 Å². The number of nitrogens with zero attached hydrogens (tertiary/aromatic N) is 1. The van der Waals surface area contributed by atoms with E-state index in [1.54, 1.807) is 54.6 Å². The van der Waals surface area contributed by atoms with Crippen LogP contribution in [0.2, 0.25) is 0 Å². The van der Waals surface area contributed by atoms with E-state index in [1.165, 1.54) is 6.08 Å². The lowest BCUT2D eigenvalue weighted by Crippen LogP contribution is -2.29. The summed E-state index contributed by atoms with van der Waals surface area (Å²) in [6.07, 6.45) is 4.95. The van der Waals surface area contributed by atoms with Crippen molar-refractivity contribution in [3.8, 4) is 17.2 Å². The van der Waals surface area contributed by atoms with E-state index in [1.807, 2.05) is 25.1 Å². The van der Waals surface area contributed by atoms with Crippen LogP contribution in [-0.2, 0) is 4.79 Å². The second-order valence-corrected chi connectivity index (χ2v) is 8.08. The zero-order chi connectivity index (χ0) is 25.5. The standard InChI is InChI=1S/C29H27NO6/c1-3-5-18-35-25-16-10-20(19-26(25)34-4-2)11-17-27(31)36-22-14-12-21(13-15-22)30-28(32)23-8-6-7-9-24(23)29(30)33/h6-17,19H,3-5,18H2,1-2H3/b17-11+. The number of amides is 2. The molecule has 1 aliphatic rings. The van der Waals surface area contributed by atoms with E-state index >= 15 is 0 Å². The molecule has 0 aromatic heterocycles. The molecule has 1 heterocycles. The Morgan fingerprint density at radius 1 is 0.861 bits per heavy atom. The number of rotatable bonds is 10. The van der Waals surface area contributed by atoms with Gasteiger partial charge in [-0.15, -0.1) is 0 Å². The number of ether oxygens (including phenoxy) is 3. The van der Waals surface area contributed by atoms with Crippen molar-refractivity contribution >= 4 is 29.5 Å². The van der Waals surface area contributed by atoms with Crippen LogP contribution in [0.3, 0.4) is 0 Å². The predicted octanol–water partition coefficient (Wildman–Crippen LogP) is 5.68. The number of hydrogen-bond donors (Lipinski definition) is 0. The summed E-state index contributed by atoms with van der Waals surface area (Å²) in [4.78, 5) is 38.7. The number of fused-ring (bicyclic) bond motifs is 1. The van der Waals surface area contributed by atoms with Crippen LogP contribution in [0.5, 0.6) is 17.2 Å². The molecule has 0 atom stereocenters. The Bertz CT molecular complexity index is 1260. The Morgan fingerprint density at radius 3 is 2.19 bits per heavy atom. The van der Waals surface area contributed by atoms with Crippen LogP contribution in [-0.4, -0.2) is 31.0 Å². The fraction of sp³-hybridized carbons (Fsp3) is 0.207. The van der Waals surface area contributed by atoms with E-state index in [9.17, 15) is 14.4 Å². The summed E-state index contributed by atoms with van der Waals surface area (Å²) in [5, 5.41) is 0. The molecule has 0 N–H and O–H groups in total. The van der Waals surface area contributed by atoms with E-state index in [-0.39, 0.29) is 11.8 Å². The molecule has 7 heteroatoms. The number of carbonyl (C=O) groups excluding carboxylic acids is 3. The van der Waals surface area contributed by atoms with Gasteiger partial charge in [0, 0.05) is 6.08 Å². The average molecular weight is 486 g/mol. The largest absolute Gasteiger partial charge is 0.490 e. The maximum absolute atomic E-state index is 12.6. The molecule has 0 saturated heterocycles. The fourth-order valence-corrected chi connectivity index (χ4v) is 3.74. The molecule has 1 aliphatic heterocycles. The maximum Gasteiger partial charge on any atom is 0.336 e. The lowest BCUT2D eigenvalue weighted by molar-refractivity contribution is -0.128. The second kappa shape index (κ2) is 11.4. The highest BCUT2D eigenvalue weighted by atomic mass is 16.5. The molecule has 3 aromatic rings. The summed E-state index contributed by atoms with van der Waals surface area (Å²) in [6, 6.07) is 18.4. The first-order chi connectivity index (χ1) is 17.5. The van der Waals surface area contributed by atoms with Crippen LogP contribution in [0, 0.1) is 0 Å². The molecule has 2 amide bonds. The van der Waals surface area contributed by atoms with Crippen LogP contribution < -0.4 is 19.1 Å². The Balaban J connectivity index is 1.39. The van der Waals surface area contributed by atoms with Gasteiger partial charge in [0.15, 0.2) is 11.5 Å². The molecular formula is C29H27NO6. The van der Waals surface area contributed by atoms with Gasteiger partial charge in [0.25, 0.3) is 11.8 Å². The summed E-state index contributed by atoms with van der Waals surface area (Å²) in [7, 11) is 0. The van der Waals surface area contributed by atoms with Gasteiger partial charge in [0.05, 0.1) is 30.0 Å². The van der Waals surface area contributed by atoms with Crippen molar-refractivity contribution in [2.75, 3.05) is 18.1 Å². The zero-order valence-corrected chi connectivity index (χ0v) is 20.2. The predicted molar refractivity (Wildman–Crippen MR) is 137 cm³/mol. The number of unbranched alkanes of at least 4 members (excludes halogenated alkanes) is 1. The molecule has 0 saturated carbocycles. The first kappa shape index (κ1) is 24.7. The van der Waals surface area contributed by atoms with Gasteiger partial charge in [-0.1, -0.05) is 31.5 Å². The monoisotopic (exact) mass is 485 g/mol. The van der Waals surface area contributed by atoms with Crippen molar-refractivity contribution in [1.82, 2.24) is 0 Å². The number of hydrogen-bond acceptors (Lipinski definition) is 6. The molecule has 0 fully saturated rings. The molecule has 0 unspecified atom stereocenters. The number of benzene rings is 3. The molecule has 0 aliphatic carbocycles. The maximum atomic E-state index is 12.6. The normalized spacial score (nSPS) is 12.7. The van der Waals surface area contributed by atoms with Crippen LogP contribution >= 0.6 is 0 Å². The van der Waals surface area contributed by atoms with Gasteiger partial charge in [0.2, 0.25) is 0 Å². The summed E-state index contributed by atoms with van der Waals surface area (Å²) in [5.74, 6) is 0.258. The first-order valence-corrected chi connectivity index (χ1v) is 11.9. The van der Waals surface area contributed by atoms with Crippen molar-refractivity contribution in [3.05, 3.63) is 89.5 Å². The SMILES string of the molecule is CCCCOc1ccc(/C=C/C(=O)Oc2ccc(N3C(=O)c4ccccc4C3=O)cc2)cc1OCC. The van der Waals surface area contributed by atoms with E-state index in [0.29, 0.717) is 47.3 Å². The smallest absolute Gasteiger partial charge is 0.336 e. The molecule has 184 valence electrons. The summed E-state index contributed by atoms with van der Waals surface area (Å²) in [5.41, 5.74) is 1.91. The minimum Gasteiger partial charge on any atom is -0.490 e. The molecule has 0 bridgehead atoms. The number of esters is 1. The molecule has 4 rings (SSSR count). The zero-order valence-electron chi connectivity index (χ0n) is 20.2. The van der Waals surface area contributed by atoms with E-state index in [2.05, 4.69) is 6.92 Å². The van der Waals surface area contributed by atoms with Crippen molar-refractivity contribution < 1.29 is 28.6 Å². The van der Waals surface area contributed by atoms with Crippen molar-refractivity contribution in [1.29, 1.82) is 0 Å². The minimum absolute atomic E-state index is 0.291. The van der Waals surface area contributed by atoms with Crippen LogP contribution in [0.15, 0.2) is 72.8 Å². The molecule has 3 aromatic carbocycles. The molecule has 36 heavy (non-hydrogen) atoms. The van der Waals surface area contributed by atoms with Gasteiger partial charge in [-0.25, -0.2) is 9.69 Å². The van der Waals surface area contributed by atoms with Crippen molar-refractivity contribution in [2.24, 2.45) is 0 Å². The number of imide groups is 1. The first-order valence-electron chi connectivity index (χ1n) is 11.9. The summed E-state index contributed by atoms with van der Waals surface area (Å²) >= 11 is 0. The van der Waals surface area contributed by atoms with E-state index < -0.39 is 5.97 Å². The van der Waals surface area contributed by atoms with Gasteiger partial charge < -0.3 is 14.2 Å². The third kappa shape index (κ3) is 5.46. The minimum atomic E-state index is -0.565. The third-order valence-corrected chi connectivity index (χ3v) is 5.54. The van der Waals surface area contributed by atoms with E-state index in [0.717, 1.165) is 23.3 Å². The van der Waals surface area contributed by atoms with Gasteiger partial charge in [-0.2, -0.15) is 0 Å². The number of carbonyl (C=O) groups is 3. The van der Waals surface area contributed by atoms with Crippen molar-refractivity contribution in [2.45, 2.75) is 26.7 Å². The highest BCUT2D eigenvalue weighted by Crippen LogP contribution is 2.30. The fourth-order valence-electron chi connectivity index (χ4n) is 3.74. The Hall–Kier alpha value is -4.39. The Kier molecular flexibility index (Phi) is 7.80. The van der Waals surface area contributed by atoms with Gasteiger partial charge >= 0.3 is 5.97 Å². The van der Waals surface area contributed by atoms with Gasteiger partial charge in [-0.05, 0) is 73.5 Å². The quantitative estimate of drug-likeness (QED) is 0.121. The molecule has 7 nitrogen and oxygen atoms in total. The average Bonchev–Trinajstić information content (AvgIpc) is 3.14. The lowest BCUT2D eigenvalue weighted by atomic mass is 10.1. The van der Waals surface area contributed by atoms with Gasteiger partial charge in [-0.3, -0.25) is 9.59 Å². The van der Waals surface area contributed by atoms with Crippen LogP contribution in [0.4, 0.5) is 5.69 Å². The summed E-state index contributed by atoms with van der Waals surface area (Å²) < 4.78 is 16.8. The number of anilines is 1. The highest BCUT2D eigenvalue weighted by Gasteiger charge is 2.36. The molecule has 0 radical (unpaired) electrons. The highest BCUT2D eigenvalue weighted by molar-refractivity contribution is 6.34. The molecular weight excluding hydrogens is 458 g/mol. The van der Waals surface area contributed by atoms with Crippen LogP contribution in [0.1, 0.15) is 53.0 Å². The summed E-state index contributed by atoms with van der Waals surface area (Å²) in [6.45, 7) is 5.11. The van der Waals surface area contributed by atoms with E-state index in [4.69, 9.17) is 14.2 Å². The Labute approximate surface area is 209 Å². The van der Waals surface area contributed by atoms with Gasteiger partial charge in [0.1, 0.15) is 5.75 Å².